The maximum atomic E-state index is 12.5. The van der Waals surface area contributed by atoms with E-state index in [1.807, 2.05) is 20.8 Å². The summed E-state index contributed by atoms with van der Waals surface area (Å²) in [6.07, 6.45) is 3.66. The molecule has 2 aliphatic rings. The molecule has 2 aliphatic carbocycles. The Morgan fingerprint density at radius 2 is 1.86 bits per heavy atom. The van der Waals surface area contributed by atoms with E-state index in [9.17, 15) is 14.7 Å². The molecule has 2 saturated carbocycles. The highest BCUT2D eigenvalue weighted by Crippen LogP contribution is 2.55. The van der Waals surface area contributed by atoms with E-state index in [1.165, 1.54) is 0 Å². The summed E-state index contributed by atoms with van der Waals surface area (Å²) in [6, 6.07) is 0.164. The molecule has 0 aromatic heterocycles. The van der Waals surface area contributed by atoms with E-state index in [-0.39, 0.29) is 53.0 Å². The third kappa shape index (κ3) is 5.07. The summed E-state index contributed by atoms with van der Waals surface area (Å²) < 4.78 is 5.00. The topological polar surface area (TPSA) is 87.7 Å². The maximum absolute atomic E-state index is 12.5. The summed E-state index contributed by atoms with van der Waals surface area (Å²) in [5.74, 6) is 0.0304. The molecule has 0 aromatic carbocycles. The molecular weight excluding hydrogens is 356 g/mol. The van der Waals surface area contributed by atoms with E-state index < -0.39 is 6.10 Å². The number of nitrogens with one attached hydrogen (secondary N) is 2. The molecule has 7 atom stereocenters. The van der Waals surface area contributed by atoms with E-state index in [0.29, 0.717) is 13.0 Å². The van der Waals surface area contributed by atoms with Crippen LogP contribution in [0.4, 0.5) is 0 Å². The van der Waals surface area contributed by atoms with Crippen LogP contribution in [-0.4, -0.2) is 48.8 Å². The molecule has 0 radical (unpaired) electrons. The minimum Gasteiger partial charge on any atom is -0.392 e. The second-order valence-corrected chi connectivity index (χ2v) is 9.64. The Labute approximate surface area is 170 Å². The number of hydrogen-bond acceptors (Lipinski definition) is 4. The monoisotopic (exact) mass is 396 g/mol. The third-order valence-electron chi connectivity index (χ3n) is 7.25. The van der Waals surface area contributed by atoms with Gasteiger partial charge in [-0.3, -0.25) is 9.59 Å². The lowest BCUT2D eigenvalue weighted by Gasteiger charge is -2.56. The average molecular weight is 397 g/mol. The minimum atomic E-state index is -0.527. The summed E-state index contributed by atoms with van der Waals surface area (Å²) in [6.45, 7) is 10.7. The lowest BCUT2D eigenvalue weighted by Crippen LogP contribution is -2.58. The molecule has 0 heterocycles. The zero-order chi connectivity index (χ0) is 21.1. The molecular formula is C22H40N2O4. The van der Waals surface area contributed by atoms with E-state index >= 15 is 0 Å². The number of carbonyl (C=O) groups excluding carboxylic acids is 2. The van der Waals surface area contributed by atoms with Gasteiger partial charge in [0.1, 0.15) is 0 Å². The zero-order valence-electron chi connectivity index (χ0n) is 18.5. The predicted octanol–water partition coefficient (Wildman–Crippen LogP) is 2.49. The Morgan fingerprint density at radius 3 is 2.46 bits per heavy atom. The first-order valence-corrected chi connectivity index (χ1v) is 10.9. The Balaban J connectivity index is 2.10. The van der Waals surface area contributed by atoms with Gasteiger partial charge in [0.2, 0.25) is 11.8 Å². The third-order valence-corrected chi connectivity index (χ3v) is 7.25. The van der Waals surface area contributed by atoms with Crippen molar-refractivity contribution in [3.05, 3.63) is 0 Å². The van der Waals surface area contributed by atoms with Crippen LogP contribution in [0.5, 0.6) is 0 Å². The van der Waals surface area contributed by atoms with Crippen LogP contribution in [0.15, 0.2) is 0 Å². The normalized spacial score (nSPS) is 36.5. The van der Waals surface area contributed by atoms with Crippen LogP contribution >= 0.6 is 0 Å². The van der Waals surface area contributed by atoms with Crippen molar-refractivity contribution >= 4 is 11.8 Å². The van der Waals surface area contributed by atoms with Crippen LogP contribution in [0.3, 0.4) is 0 Å². The van der Waals surface area contributed by atoms with E-state index in [0.717, 1.165) is 25.7 Å². The Morgan fingerprint density at radius 1 is 1.21 bits per heavy atom. The van der Waals surface area contributed by atoms with Gasteiger partial charge in [0.05, 0.1) is 12.7 Å². The van der Waals surface area contributed by atoms with Gasteiger partial charge in [-0.15, -0.1) is 0 Å². The van der Waals surface area contributed by atoms with Gasteiger partial charge < -0.3 is 20.5 Å². The van der Waals surface area contributed by atoms with Gasteiger partial charge in [-0.2, -0.15) is 0 Å². The van der Waals surface area contributed by atoms with Crippen molar-refractivity contribution in [1.29, 1.82) is 0 Å². The quantitative estimate of drug-likeness (QED) is 0.617. The molecule has 2 amide bonds. The maximum Gasteiger partial charge on any atom is 0.223 e. The zero-order valence-corrected chi connectivity index (χ0v) is 18.5. The molecule has 0 aliphatic heterocycles. The molecule has 0 bridgehead atoms. The van der Waals surface area contributed by atoms with Crippen LogP contribution in [0.25, 0.3) is 0 Å². The number of rotatable bonds is 7. The van der Waals surface area contributed by atoms with Gasteiger partial charge in [-0.25, -0.2) is 0 Å². The van der Waals surface area contributed by atoms with Crippen LogP contribution in [0.2, 0.25) is 0 Å². The number of ether oxygens (including phenoxy) is 1. The van der Waals surface area contributed by atoms with E-state index in [2.05, 4.69) is 24.5 Å². The predicted molar refractivity (Wildman–Crippen MR) is 110 cm³/mol. The highest BCUT2D eigenvalue weighted by atomic mass is 16.5. The fourth-order valence-electron chi connectivity index (χ4n) is 5.58. The van der Waals surface area contributed by atoms with Crippen molar-refractivity contribution in [3.8, 4) is 0 Å². The first-order chi connectivity index (χ1) is 13.1. The first-order valence-electron chi connectivity index (χ1n) is 10.9. The summed E-state index contributed by atoms with van der Waals surface area (Å²) >= 11 is 0. The average Bonchev–Trinajstić information content (AvgIpc) is 2.61. The summed E-state index contributed by atoms with van der Waals surface area (Å²) in [5.41, 5.74) is 0.0668. The molecule has 0 saturated heterocycles. The van der Waals surface area contributed by atoms with Crippen molar-refractivity contribution in [1.82, 2.24) is 10.6 Å². The molecule has 6 nitrogen and oxygen atoms in total. The van der Waals surface area contributed by atoms with Crippen LogP contribution < -0.4 is 10.6 Å². The largest absolute Gasteiger partial charge is 0.392 e. The number of fused-ring (bicyclic) bond motifs is 1. The fraction of sp³-hybridized carbons (Fsp3) is 0.909. The molecule has 162 valence electrons. The van der Waals surface area contributed by atoms with E-state index in [1.54, 1.807) is 7.11 Å². The standard InChI is InChI=1S/C22H40N2O4/c1-13(2)23-21(27)14(3)16-7-10-22(5)11-8-17(15(4)19(22)20(16)26)24-18(25)9-12-28-6/h13-17,19-20,26H,7-12H2,1-6H3,(H,23,27)(H,24,25)/t14-,15+,16+,17-,19+,20-,22-/m0/s1. The summed E-state index contributed by atoms with van der Waals surface area (Å²) in [7, 11) is 1.59. The molecule has 6 heteroatoms. The van der Waals surface area contributed by atoms with Crippen molar-refractivity contribution in [2.75, 3.05) is 13.7 Å². The van der Waals surface area contributed by atoms with Gasteiger partial charge in [0.15, 0.2) is 0 Å². The molecule has 28 heavy (non-hydrogen) atoms. The highest BCUT2D eigenvalue weighted by Gasteiger charge is 2.53. The van der Waals surface area contributed by atoms with Crippen molar-refractivity contribution in [2.24, 2.45) is 29.1 Å². The number of carbonyl (C=O) groups is 2. The Kier molecular flexibility index (Phi) is 7.91. The lowest BCUT2D eigenvalue weighted by atomic mass is 9.51. The number of amides is 2. The Bertz CT molecular complexity index is 553. The van der Waals surface area contributed by atoms with Gasteiger partial charge in [-0.05, 0) is 62.7 Å². The summed E-state index contributed by atoms with van der Waals surface area (Å²) in [4.78, 5) is 24.7. The molecule has 0 aromatic rings. The number of aliphatic hydroxyl groups is 1. The van der Waals surface area contributed by atoms with Gasteiger partial charge in [0.25, 0.3) is 0 Å². The van der Waals surface area contributed by atoms with E-state index in [4.69, 9.17) is 4.74 Å². The number of hydrogen-bond donors (Lipinski definition) is 3. The van der Waals surface area contributed by atoms with Gasteiger partial charge >= 0.3 is 0 Å². The molecule has 0 spiro atoms. The first kappa shape index (κ1) is 23.1. The highest BCUT2D eigenvalue weighted by molar-refractivity contribution is 5.79. The fourth-order valence-corrected chi connectivity index (χ4v) is 5.58. The summed E-state index contributed by atoms with van der Waals surface area (Å²) in [5, 5.41) is 17.5. The van der Waals surface area contributed by atoms with Crippen LogP contribution in [-0.2, 0) is 14.3 Å². The lowest BCUT2D eigenvalue weighted by molar-refractivity contribution is -0.144. The molecule has 2 fully saturated rings. The van der Waals surface area contributed by atoms with Crippen molar-refractivity contribution < 1.29 is 19.4 Å². The SMILES string of the molecule is COCCC(=O)N[C@H]1CC[C@]2(C)CC[C@H]([C@H](C)C(=O)NC(C)C)[C@H](O)[C@H]2[C@@H]1C. The van der Waals surface area contributed by atoms with Crippen molar-refractivity contribution in [3.63, 3.8) is 0 Å². The molecule has 0 unspecified atom stereocenters. The minimum absolute atomic E-state index is 0.00818. The number of methoxy groups -OCH3 is 1. The second-order valence-electron chi connectivity index (χ2n) is 9.64. The van der Waals surface area contributed by atoms with Gasteiger partial charge in [0, 0.05) is 31.5 Å². The van der Waals surface area contributed by atoms with Crippen LogP contribution in [0, 0.1) is 29.1 Å². The van der Waals surface area contributed by atoms with Gasteiger partial charge in [-0.1, -0.05) is 20.8 Å². The van der Waals surface area contributed by atoms with Crippen molar-refractivity contribution in [2.45, 2.75) is 84.9 Å². The molecule has 2 rings (SSSR count). The molecule has 3 N–H and O–H groups in total. The van der Waals surface area contributed by atoms with Crippen LogP contribution in [0.1, 0.15) is 66.7 Å². The second kappa shape index (κ2) is 9.57. The number of aliphatic hydroxyl groups excluding tert-OH is 1. The Hall–Kier alpha value is -1.14. The smallest absolute Gasteiger partial charge is 0.223 e.